The molecule has 0 aliphatic carbocycles. The molecule has 2 aromatic carbocycles. The molecule has 0 saturated carbocycles. The van der Waals surface area contributed by atoms with Crippen LogP contribution in [0.2, 0.25) is 0 Å². The molecule has 0 saturated heterocycles. The summed E-state index contributed by atoms with van der Waals surface area (Å²) in [6.07, 6.45) is 3.65. The Kier molecular flexibility index (Phi) is 12.5. The summed E-state index contributed by atoms with van der Waals surface area (Å²) in [6, 6.07) is 21.6. The summed E-state index contributed by atoms with van der Waals surface area (Å²) in [5.41, 5.74) is 2.86. The van der Waals surface area contributed by atoms with Gasteiger partial charge in [-0.2, -0.15) is 0 Å². The molecule has 22 heavy (non-hydrogen) atoms. The fourth-order valence-corrected chi connectivity index (χ4v) is 2.45. The van der Waals surface area contributed by atoms with Crippen LogP contribution in [0.25, 0.3) is 0 Å². The molecule has 0 aromatic heterocycles. The van der Waals surface area contributed by atoms with Crippen LogP contribution >= 0.6 is 9.24 Å². The summed E-state index contributed by atoms with van der Waals surface area (Å²) < 4.78 is 24.1. The maximum Gasteiger partial charge on any atom is 1.00 e. The molecule has 114 valence electrons. The monoisotopic (exact) mass is 330 g/mol. The molecule has 0 amide bonds. The molecule has 0 spiro atoms. The van der Waals surface area contributed by atoms with Crippen LogP contribution in [-0.4, -0.2) is 10.7 Å². The van der Waals surface area contributed by atoms with Crippen LogP contribution in [0.3, 0.4) is 0 Å². The topological polar surface area (TPSA) is 54.4 Å². The SMILES string of the molecule is O=[S-](=O)O.PCCCC(c1ccccc1)c1ccccc1.[Li+]. The van der Waals surface area contributed by atoms with Crippen LogP contribution in [0.15, 0.2) is 60.7 Å². The minimum Gasteiger partial charge on any atom is -0.439 e. The van der Waals surface area contributed by atoms with Crippen molar-refractivity contribution in [2.45, 2.75) is 18.8 Å². The van der Waals surface area contributed by atoms with Gasteiger partial charge in [0, 0.05) is 16.9 Å². The first kappa shape index (κ1) is 21.4. The quantitative estimate of drug-likeness (QED) is 0.295. The fraction of sp³-hybridized carbons (Fsp3) is 0.250. The number of hydrogen-bond donors (Lipinski definition) is 1. The number of rotatable bonds is 5. The molecule has 0 radical (unpaired) electrons. The summed E-state index contributed by atoms with van der Waals surface area (Å²) in [5, 5.41) is 0. The van der Waals surface area contributed by atoms with Gasteiger partial charge in [0.1, 0.15) is 0 Å². The minimum absolute atomic E-state index is 0. The Labute approximate surface area is 148 Å². The molecule has 0 fully saturated rings. The zero-order valence-corrected chi connectivity index (χ0v) is 14.7. The second-order valence-electron chi connectivity index (χ2n) is 4.52. The second-order valence-corrected chi connectivity index (χ2v) is 5.53. The van der Waals surface area contributed by atoms with Gasteiger partial charge in [-0.05, 0) is 30.1 Å². The van der Waals surface area contributed by atoms with Crippen molar-refractivity contribution in [2.75, 3.05) is 6.16 Å². The van der Waals surface area contributed by atoms with Crippen molar-refractivity contribution in [3.63, 3.8) is 0 Å². The van der Waals surface area contributed by atoms with E-state index in [-0.39, 0.29) is 18.9 Å². The zero-order valence-electron chi connectivity index (χ0n) is 12.7. The number of hydrogen-bond acceptors (Lipinski definition) is 3. The maximum atomic E-state index is 8.56. The fourth-order valence-electron chi connectivity index (χ4n) is 2.22. The van der Waals surface area contributed by atoms with E-state index in [9.17, 15) is 0 Å². The first-order chi connectivity index (χ1) is 10.1. The van der Waals surface area contributed by atoms with Gasteiger partial charge in [0.25, 0.3) is 0 Å². The first-order valence-electron chi connectivity index (χ1n) is 6.73. The van der Waals surface area contributed by atoms with Crippen LogP contribution in [-0.2, 0) is 19.4 Å². The summed E-state index contributed by atoms with van der Waals surface area (Å²) >= 11 is 0. The van der Waals surface area contributed by atoms with E-state index in [1.807, 2.05) is 0 Å². The molecule has 0 heterocycles. The Morgan fingerprint density at radius 3 is 1.59 bits per heavy atom. The van der Waals surface area contributed by atoms with E-state index in [0.29, 0.717) is 5.92 Å². The van der Waals surface area contributed by atoms with Gasteiger partial charge in [-0.1, -0.05) is 60.7 Å². The van der Waals surface area contributed by atoms with Crippen LogP contribution in [0.4, 0.5) is 0 Å². The zero-order chi connectivity index (χ0) is 15.5. The van der Waals surface area contributed by atoms with E-state index < -0.39 is 11.0 Å². The van der Waals surface area contributed by atoms with Crippen molar-refractivity contribution in [1.29, 1.82) is 0 Å². The molecule has 0 aliphatic heterocycles. The maximum absolute atomic E-state index is 8.56. The van der Waals surface area contributed by atoms with Crippen LogP contribution < -0.4 is 18.9 Å². The second kappa shape index (κ2) is 12.9. The molecule has 3 nitrogen and oxygen atoms in total. The summed E-state index contributed by atoms with van der Waals surface area (Å²) in [6.45, 7) is 0. The van der Waals surface area contributed by atoms with Gasteiger partial charge in [0.05, 0.1) is 0 Å². The van der Waals surface area contributed by atoms with E-state index in [1.54, 1.807) is 0 Å². The molecule has 1 N–H and O–H groups in total. The average Bonchev–Trinajstić information content (AvgIpc) is 2.49. The molecule has 2 aromatic rings. The Hall–Kier alpha value is -0.623. The normalized spacial score (nSPS) is 9.82. The Morgan fingerprint density at radius 1 is 0.909 bits per heavy atom. The molecule has 0 aliphatic rings. The molecule has 2 rings (SSSR count). The van der Waals surface area contributed by atoms with E-state index in [1.165, 1.54) is 30.1 Å². The van der Waals surface area contributed by atoms with Crippen molar-refractivity contribution < 1.29 is 31.8 Å². The Bertz CT molecular complexity index is 529. The summed E-state index contributed by atoms with van der Waals surface area (Å²) in [7, 11) is -0.0415. The molecule has 1 atom stereocenters. The minimum atomic E-state index is -2.86. The van der Waals surface area contributed by atoms with Crippen molar-refractivity contribution in [3.05, 3.63) is 71.8 Å². The van der Waals surface area contributed by atoms with Gasteiger partial charge in [0.2, 0.25) is 0 Å². The van der Waals surface area contributed by atoms with Crippen LogP contribution in [0.5, 0.6) is 0 Å². The predicted octanol–water partition coefficient (Wildman–Crippen LogP) is 1.25. The van der Waals surface area contributed by atoms with Gasteiger partial charge in [0.15, 0.2) is 0 Å². The Balaban J connectivity index is 0.000000791. The largest absolute Gasteiger partial charge is 1.00 e. The molecular weight excluding hydrogens is 310 g/mol. The first-order valence-corrected chi connectivity index (χ1v) is 8.58. The van der Waals surface area contributed by atoms with Crippen LogP contribution in [0, 0.1) is 0 Å². The van der Waals surface area contributed by atoms with Crippen molar-refractivity contribution >= 4 is 20.2 Å². The van der Waals surface area contributed by atoms with Crippen molar-refractivity contribution in [3.8, 4) is 0 Å². The van der Waals surface area contributed by atoms with E-state index >= 15 is 0 Å². The summed E-state index contributed by atoms with van der Waals surface area (Å²) in [5.74, 6) is 0.540. The molecule has 1 unspecified atom stereocenters. The summed E-state index contributed by atoms with van der Waals surface area (Å²) in [4.78, 5) is 0. The van der Waals surface area contributed by atoms with Gasteiger partial charge >= 0.3 is 18.9 Å². The van der Waals surface area contributed by atoms with E-state index in [4.69, 9.17) is 13.0 Å². The van der Waals surface area contributed by atoms with Gasteiger partial charge in [-0.15, -0.1) is 9.24 Å². The van der Waals surface area contributed by atoms with Crippen molar-refractivity contribution in [1.82, 2.24) is 0 Å². The third-order valence-corrected chi connectivity index (χ3v) is 3.51. The molecule has 6 heteroatoms. The molecular formula is C16H20LiO3PS. The van der Waals surface area contributed by atoms with Crippen molar-refractivity contribution in [2.24, 2.45) is 0 Å². The predicted molar refractivity (Wildman–Crippen MR) is 89.9 cm³/mol. The van der Waals surface area contributed by atoms with Gasteiger partial charge in [-0.25, -0.2) is 0 Å². The third-order valence-electron chi connectivity index (χ3n) is 3.10. The average molecular weight is 330 g/mol. The molecule has 0 bridgehead atoms. The van der Waals surface area contributed by atoms with Gasteiger partial charge < -0.3 is 13.0 Å². The number of benzene rings is 2. The van der Waals surface area contributed by atoms with Crippen LogP contribution in [0.1, 0.15) is 29.9 Å². The van der Waals surface area contributed by atoms with Gasteiger partial charge in [-0.3, -0.25) is 0 Å². The standard InChI is InChI=1S/C16H19P.Li.HO3S/c17-13-7-12-16(14-8-3-1-4-9-14)15-10-5-2-6-11-15;;1-4(2)3/h1-6,8-11,16H,7,12-13,17H2;;(H,1,2,3)/q;+1;-1. The smallest absolute Gasteiger partial charge is 0.439 e. The van der Waals surface area contributed by atoms with E-state index in [0.717, 1.165) is 0 Å². The van der Waals surface area contributed by atoms with E-state index in [2.05, 4.69) is 69.9 Å². The Morgan fingerprint density at radius 2 is 1.27 bits per heavy atom. The third kappa shape index (κ3) is 8.73.